The number of esters is 1. The number of benzene rings is 2. The molecular formula is C26H24ClIN2O5S. The summed E-state index contributed by atoms with van der Waals surface area (Å²) in [5.74, 6) is 0.716. The second kappa shape index (κ2) is 11.2. The van der Waals surface area contributed by atoms with Gasteiger partial charge in [0, 0.05) is 5.02 Å². The van der Waals surface area contributed by atoms with Gasteiger partial charge in [0.25, 0.3) is 5.56 Å². The van der Waals surface area contributed by atoms with Gasteiger partial charge in [-0.05, 0) is 78.8 Å². The average molecular weight is 639 g/mol. The normalized spacial score (nSPS) is 15.4. The van der Waals surface area contributed by atoms with Crippen LogP contribution in [0.25, 0.3) is 6.08 Å². The summed E-state index contributed by atoms with van der Waals surface area (Å²) in [6, 6.07) is 10.2. The molecule has 0 fully saturated rings. The predicted octanol–water partition coefficient (Wildman–Crippen LogP) is 4.46. The van der Waals surface area contributed by atoms with E-state index >= 15 is 0 Å². The molecule has 7 nitrogen and oxygen atoms in total. The standard InChI is InChI=1S/C26H24ClIN2O5S/c1-5-34-23-18(28)11-15(12-19(23)33-4)13-20-24(31)30-22(16-9-7-8-10-17(16)27)21(25(32)35-6-2)14(3)29-26(30)36-20/h7-13,22H,5-6H2,1-4H3. The van der Waals surface area contributed by atoms with Gasteiger partial charge in [-0.1, -0.05) is 41.1 Å². The molecule has 0 bridgehead atoms. The van der Waals surface area contributed by atoms with Crippen molar-refractivity contribution in [1.29, 1.82) is 0 Å². The Morgan fingerprint density at radius 1 is 1.25 bits per heavy atom. The van der Waals surface area contributed by atoms with Gasteiger partial charge in [-0.15, -0.1) is 0 Å². The molecule has 0 saturated heterocycles. The lowest BCUT2D eigenvalue weighted by atomic mass is 9.96. The van der Waals surface area contributed by atoms with E-state index in [2.05, 4.69) is 27.6 Å². The number of fused-ring (bicyclic) bond motifs is 1. The fraction of sp³-hybridized carbons (Fsp3) is 0.269. The number of thiazole rings is 1. The Labute approximate surface area is 230 Å². The third-order valence-corrected chi connectivity index (χ3v) is 7.68. The smallest absolute Gasteiger partial charge is 0.338 e. The van der Waals surface area contributed by atoms with Gasteiger partial charge in [0.1, 0.15) is 6.04 Å². The molecule has 0 amide bonds. The minimum Gasteiger partial charge on any atom is -0.493 e. The lowest BCUT2D eigenvalue weighted by molar-refractivity contribution is -0.139. The van der Waals surface area contributed by atoms with Crippen molar-refractivity contribution in [2.75, 3.05) is 20.3 Å². The van der Waals surface area contributed by atoms with E-state index in [1.807, 2.05) is 31.2 Å². The first-order valence-electron chi connectivity index (χ1n) is 11.2. The molecule has 1 unspecified atom stereocenters. The largest absolute Gasteiger partial charge is 0.493 e. The summed E-state index contributed by atoms with van der Waals surface area (Å²) in [4.78, 5) is 31.8. The Bertz CT molecular complexity index is 1540. The lowest BCUT2D eigenvalue weighted by Crippen LogP contribution is -2.40. The van der Waals surface area contributed by atoms with Crippen molar-refractivity contribution in [3.05, 3.63) is 87.1 Å². The van der Waals surface area contributed by atoms with Gasteiger partial charge in [-0.25, -0.2) is 9.79 Å². The highest BCUT2D eigenvalue weighted by Gasteiger charge is 2.34. The van der Waals surface area contributed by atoms with Crippen LogP contribution in [-0.2, 0) is 9.53 Å². The molecule has 4 rings (SSSR count). The number of ether oxygens (including phenoxy) is 3. The van der Waals surface area contributed by atoms with Crippen LogP contribution in [0.5, 0.6) is 11.5 Å². The molecular weight excluding hydrogens is 615 g/mol. The maximum absolute atomic E-state index is 13.8. The number of carbonyl (C=O) groups is 1. The summed E-state index contributed by atoms with van der Waals surface area (Å²) >= 11 is 9.98. The summed E-state index contributed by atoms with van der Waals surface area (Å²) in [6.45, 7) is 6.10. The van der Waals surface area contributed by atoms with Crippen LogP contribution in [0, 0.1) is 3.57 Å². The van der Waals surface area contributed by atoms with Gasteiger partial charge in [0.05, 0.1) is 39.7 Å². The van der Waals surface area contributed by atoms with Crippen molar-refractivity contribution < 1.29 is 19.0 Å². The minimum atomic E-state index is -0.758. The molecule has 0 N–H and O–H groups in total. The number of hydrogen-bond donors (Lipinski definition) is 0. The SMILES string of the molecule is CCOC(=O)C1=C(C)N=c2sc(=Cc3cc(I)c(OCC)c(OC)c3)c(=O)n2C1c1ccccc1Cl. The first kappa shape index (κ1) is 26.4. The number of hydrogen-bond acceptors (Lipinski definition) is 7. The van der Waals surface area contributed by atoms with E-state index in [4.69, 9.17) is 25.8 Å². The van der Waals surface area contributed by atoms with Gasteiger partial charge in [0.15, 0.2) is 16.3 Å². The van der Waals surface area contributed by atoms with E-state index in [9.17, 15) is 9.59 Å². The molecule has 3 aromatic rings. The third kappa shape index (κ3) is 4.96. The highest BCUT2D eigenvalue weighted by Crippen LogP contribution is 2.35. The lowest BCUT2D eigenvalue weighted by Gasteiger charge is -2.25. The molecule has 1 aliphatic heterocycles. The van der Waals surface area contributed by atoms with Crippen molar-refractivity contribution in [2.24, 2.45) is 4.99 Å². The number of halogens is 2. The summed E-state index contributed by atoms with van der Waals surface area (Å²) in [7, 11) is 1.58. The van der Waals surface area contributed by atoms with Crippen molar-refractivity contribution in [3.63, 3.8) is 0 Å². The minimum absolute atomic E-state index is 0.202. The van der Waals surface area contributed by atoms with Crippen LogP contribution in [0.15, 0.2) is 57.5 Å². The summed E-state index contributed by atoms with van der Waals surface area (Å²) in [6.07, 6.45) is 1.79. The molecule has 1 aromatic heterocycles. The Hall–Kier alpha value is -2.63. The summed E-state index contributed by atoms with van der Waals surface area (Å²) < 4.78 is 19.4. The van der Waals surface area contributed by atoms with Crippen LogP contribution >= 0.6 is 45.5 Å². The summed E-state index contributed by atoms with van der Waals surface area (Å²) in [5, 5.41) is 0.444. The topological polar surface area (TPSA) is 79.1 Å². The number of aromatic nitrogens is 1. The number of carbonyl (C=O) groups excluding carboxylic acids is 1. The van der Waals surface area contributed by atoms with Gasteiger partial charge < -0.3 is 14.2 Å². The maximum atomic E-state index is 13.8. The second-order valence-corrected chi connectivity index (χ2v) is 10.4. The van der Waals surface area contributed by atoms with Crippen LogP contribution in [0.1, 0.15) is 37.9 Å². The molecule has 0 saturated carbocycles. The third-order valence-electron chi connectivity index (χ3n) is 5.56. The van der Waals surface area contributed by atoms with E-state index < -0.39 is 12.0 Å². The van der Waals surface area contributed by atoms with E-state index in [1.165, 1.54) is 15.9 Å². The second-order valence-electron chi connectivity index (χ2n) is 7.79. The fourth-order valence-electron chi connectivity index (χ4n) is 4.04. The molecule has 0 aliphatic carbocycles. The van der Waals surface area contributed by atoms with Crippen molar-refractivity contribution in [3.8, 4) is 11.5 Å². The zero-order valence-corrected chi connectivity index (χ0v) is 23.9. The molecule has 36 heavy (non-hydrogen) atoms. The number of rotatable bonds is 7. The molecule has 1 aliphatic rings. The summed E-state index contributed by atoms with van der Waals surface area (Å²) in [5.41, 5.74) is 1.91. The van der Waals surface area contributed by atoms with Crippen molar-refractivity contribution >= 4 is 57.6 Å². The Balaban J connectivity index is 1.94. The molecule has 2 aromatic carbocycles. The van der Waals surface area contributed by atoms with E-state index in [-0.39, 0.29) is 12.2 Å². The first-order valence-corrected chi connectivity index (χ1v) is 13.5. The van der Waals surface area contributed by atoms with Gasteiger partial charge >= 0.3 is 5.97 Å². The quantitative estimate of drug-likeness (QED) is 0.282. The van der Waals surface area contributed by atoms with Crippen molar-refractivity contribution in [1.82, 2.24) is 4.57 Å². The van der Waals surface area contributed by atoms with E-state index in [1.54, 1.807) is 39.2 Å². The Kier molecular flexibility index (Phi) is 8.21. The fourth-order valence-corrected chi connectivity index (χ4v) is 6.11. The molecule has 10 heteroatoms. The predicted molar refractivity (Wildman–Crippen MR) is 149 cm³/mol. The van der Waals surface area contributed by atoms with E-state index in [0.29, 0.717) is 49.3 Å². The zero-order chi connectivity index (χ0) is 26.0. The van der Waals surface area contributed by atoms with Crippen LogP contribution in [0.4, 0.5) is 0 Å². The zero-order valence-electron chi connectivity index (χ0n) is 20.1. The molecule has 0 spiro atoms. The first-order chi connectivity index (χ1) is 17.3. The van der Waals surface area contributed by atoms with E-state index in [0.717, 1.165) is 9.13 Å². The van der Waals surface area contributed by atoms with Crippen molar-refractivity contribution in [2.45, 2.75) is 26.8 Å². The van der Waals surface area contributed by atoms with Gasteiger partial charge in [-0.2, -0.15) is 0 Å². The van der Waals surface area contributed by atoms with Crippen LogP contribution < -0.4 is 24.4 Å². The highest BCUT2D eigenvalue weighted by atomic mass is 127. The molecule has 188 valence electrons. The van der Waals surface area contributed by atoms with Crippen LogP contribution in [0.2, 0.25) is 5.02 Å². The van der Waals surface area contributed by atoms with Gasteiger partial charge in [0.2, 0.25) is 0 Å². The number of allylic oxidation sites excluding steroid dienone is 1. The van der Waals surface area contributed by atoms with Crippen LogP contribution in [0.3, 0.4) is 0 Å². The molecule has 0 radical (unpaired) electrons. The molecule has 2 heterocycles. The Morgan fingerprint density at radius 2 is 2.00 bits per heavy atom. The Morgan fingerprint density at radius 3 is 2.67 bits per heavy atom. The monoisotopic (exact) mass is 638 g/mol. The molecule has 1 atom stereocenters. The number of nitrogens with zero attached hydrogens (tertiary/aromatic N) is 2. The highest BCUT2D eigenvalue weighted by molar-refractivity contribution is 14.1. The van der Waals surface area contributed by atoms with Crippen LogP contribution in [-0.4, -0.2) is 30.9 Å². The average Bonchev–Trinajstić information content (AvgIpc) is 3.14. The maximum Gasteiger partial charge on any atom is 0.338 e. The number of methoxy groups -OCH3 is 1. The van der Waals surface area contributed by atoms with Gasteiger partial charge in [-0.3, -0.25) is 9.36 Å².